The van der Waals surface area contributed by atoms with Gasteiger partial charge in [-0.25, -0.2) is 19.2 Å². The molecule has 0 aromatic heterocycles. The van der Waals surface area contributed by atoms with Crippen molar-refractivity contribution in [3.8, 4) is 45.6 Å². The third kappa shape index (κ3) is 17.4. The molecule has 0 aliphatic heterocycles. The average molecular weight is 947 g/mol. The second kappa shape index (κ2) is 27.7. The van der Waals surface area contributed by atoms with E-state index < -0.39 is 23.9 Å². The molecule has 6 aromatic carbocycles. The Hall–Kier alpha value is -7.20. The van der Waals surface area contributed by atoms with E-state index in [4.69, 9.17) is 28.4 Å². The molecule has 0 heterocycles. The van der Waals surface area contributed by atoms with Gasteiger partial charge in [0.15, 0.2) is 0 Å². The van der Waals surface area contributed by atoms with Crippen molar-refractivity contribution >= 4 is 23.9 Å². The van der Waals surface area contributed by atoms with Gasteiger partial charge >= 0.3 is 23.9 Å². The minimum atomic E-state index is -0.582. The lowest BCUT2D eigenvalue weighted by molar-refractivity contribution is 0.0720. The van der Waals surface area contributed by atoms with Crippen LogP contribution in [-0.4, -0.2) is 37.1 Å². The molecule has 0 saturated heterocycles. The second-order valence-corrected chi connectivity index (χ2v) is 18.1. The Morgan fingerprint density at radius 1 is 0.371 bits per heavy atom. The van der Waals surface area contributed by atoms with Gasteiger partial charge in [0.1, 0.15) is 34.5 Å². The smallest absolute Gasteiger partial charge is 0.343 e. The molecule has 0 radical (unpaired) electrons. The van der Waals surface area contributed by atoms with Crippen LogP contribution >= 0.6 is 0 Å². The summed E-state index contributed by atoms with van der Waals surface area (Å²) in [4.78, 5) is 51.8. The standard InChI is InChI=1S/C60H66O10/c1-5-6-7-8-9-10-11-12-40-65-51-27-21-46(22-28-51)57(61)68-54-31-23-47(24-32-54)58(62)67-53-29-19-45(20-30-53)49-17-14-18-50(42-49)60(64)70-55-33-25-48(26-34-55)59(63)69-56-37-35-52(36-38-56)66-41-39-44(4)16-13-15-43(2)3/h14,17-38,42-44H,5-13,15-16,39-41H2,1-4H3/t44-/m0/s1. The minimum absolute atomic E-state index is 0.264. The van der Waals surface area contributed by atoms with Gasteiger partial charge in [-0.15, -0.1) is 0 Å². The minimum Gasteiger partial charge on any atom is -0.494 e. The summed E-state index contributed by atoms with van der Waals surface area (Å²) in [5.74, 6) is 1.80. The van der Waals surface area contributed by atoms with Gasteiger partial charge in [-0.2, -0.15) is 0 Å². The van der Waals surface area contributed by atoms with E-state index in [-0.39, 0.29) is 17.1 Å². The first kappa shape index (κ1) is 52.2. The van der Waals surface area contributed by atoms with Gasteiger partial charge in [-0.1, -0.05) is 116 Å². The third-order valence-electron chi connectivity index (χ3n) is 11.8. The fourth-order valence-electron chi connectivity index (χ4n) is 7.64. The molecule has 0 spiro atoms. The molecule has 0 unspecified atom stereocenters. The summed E-state index contributed by atoms with van der Waals surface area (Å²) in [5.41, 5.74) is 2.80. The van der Waals surface area contributed by atoms with Crippen molar-refractivity contribution in [2.75, 3.05) is 13.2 Å². The topological polar surface area (TPSA) is 124 Å². The van der Waals surface area contributed by atoms with Crippen LogP contribution in [0.25, 0.3) is 11.1 Å². The summed E-state index contributed by atoms with van der Waals surface area (Å²) in [6.45, 7) is 10.3. The maximum absolute atomic E-state index is 13.2. The number of esters is 4. The fraction of sp³-hybridized carbons (Fsp3) is 0.333. The summed E-state index contributed by atoms with van der Waals surface area (Å²) in [6.07, 6.45) is 14.5. The van der Waals surface area contributed by atoms with Gasteiger partial charge in [-0.3, -0.25) is 0 Å². The summed E-state index contributed by atoms with van der Waals surface area (Å²) in [5, 5.41) is 0. The predicted molar refractivity (Wildman–Crippen MR) is 274 cm³/mol. The highest BCUT2D eigenvalue weighted by Gasteiger charge is 2.16. The van der Waals surface area contributed by atoms with Crippen LogP contribution in [0.1, 0.15) is 146 Å². The van der Waals surface area contributed by atoms with Gasteiger partial charge in [0.25, 0.3) is 0 Å². The highest BCUT2D eigenvalue weighted by Crippen LogP contribution is 2.27. The van der Waals surface area contributed by atoms with Crippen LogP contribution in [0.5, 0.6) is 34.5 Å². The number of ether oxygens (including phenoxy) is 6. The average Bonchev–Trinajstić information content (AvgIpc) is 3.37. The summed E-state index contributed by atoms with van der Waals surface area (Å²) < 4.78 is 34.1. The van der Waals surface area contributed by atoms with Crippen LogP contribution in [0.2, 0.25) is 0 Å². The number of benzene rings is 6. The van der Waals surface area contributed by atoms with E-state index in [0.717, 1.165) is 42.1 Å². The zero-order valence-electron chi connectivity index (χ0n) is 41.0. The van der Waals surface area contributed by atoms with Crippen molar-refractivity contribution in [2.24, 2.45) is 11.8 Å². The number of carbonyl (C=O) groups excluding carboxylic acids is 4. The van der Waals surface area contributed by atoms with Crippen molar-refractivity contribution < 1.29 is 47.6 Å². The first-order valence-electron chi connectivity index (χ1n) is 24.8. The molecule has 0 saturated carbocycles. The summed E-state index contributed by atoms with van der Waals surface area (Å²) in [6, 6.07) is 40.0. The maximum Gasteiger partial charge on any atom is 0.343 e. The van der Waals surface area contributed by atoms with E-state index >= 15 is 0 Å². The van der Waals surface area contributed by atoms with Crippen molar-refractivity contribution in [2.45, 2.75) is 105 Å². The maximum atomic E-state index is 13.2. The normalized spacial score (nSPS) is 11.4. The van der Waals surface area contributed by atoms with Gasteiger partial charge in [-0.05, 0) is 157 Å². The SMILES string of the molecule is CCCCCCCCCCOc1ccc(C(=O)Oc2ccc(C(=O)Oc3ccc(-c4cccc(C(=O)Oc5ccc(C(=O)Oc6ccc(OCC[C@@H](C)CCCC(C)C)cc6)cc5)c4)cc3)cc2)cc1. The Kier molecular flexibility index (Phi) is 20.7. The van der Waals surface area contributed by atoms with Gasteiger partial charge in [0.05, 0.1) is 35.5 Å². The molecule has 0 fully saturated rings. The first-order valence-corrected chi connectivity index (χ1v) is 24.8. The molecule has 0 amide bonds. The van der Waals surface area contributed by atoms with Crippen LogP contribution in [0.4, 0.5) is 0 Å². The molecule has 6 rings (SSSR count). The van der Waals surface area contributed by atoms with E-state index in [1.165, 1.54) is 106 Å². The highest BCUT2D eigenvalue weighted by molar-refractivity contribution is 5.94. The second-order valence-electron chi connectivity index (χ2n) is 18.1. The van der Waals surface area contributed by atoms with Crippen LogP contribution in [-0.2, 0) is 0 Å². The Labute approximate surface area is 413 Å². The molecule has 70 heavy (non-hydrogen) atoms. The Morgan fingerprint density at radius 2 is 0.771 bits per heavy atom. The lowest BCUT2D eigenvalue weighted by Gasteiger charge is -2.13. The lowest BCUT2D eigenvalue weighted by atomic mass is 9.98. The van der Waals surface area contributed by atoms with Crippen molar-refractivity contribution in [3.63, 3.8) is 0 Å². The van der Waals surface area contributed by atoms with Gasteiger partial charge < -0.3 is 28.4 Å². The molecule has 0 aliphatic carbocycles. The fourth-order valence-corrected chi connectivity index (χ4v) is 7.64. The molecule has 0 bridgehead atoms. The quantitative estimate of drug-likeness (QED) is 0.0280. The Bertz CT molecular complexity index is 2550. The first-order chi connectivity index (χ1) is 34.0. The molecule has 0 aliphatic rings. The van der Waals surface area contributed by atoms with Crippen LogP contribution < -0.4 is 28.4 Å². The van der Waals surface area contributed by atoms with Crippen LogP contribution in [0.15, 0.2) is 146 Å². The Balaban J connectivity index is 0.909. The Morgan fingerprint density at radius 3 is 1.26 bits per heavy atom. The highest BCUT2D eigenvalue weighted by atomic mass is 16.5. The number of hydrogen-bond donors (Lipinski definition) is 0. The summed E-state index contributed by atoms with van der Waals surface area (Å²) >= 11 is 0. The van der Waals surface area contributed by atoms with Crippen LogP contribution in [0.3, 0.4) is 0 Å². The molecule has 0 N–H and O–H groups in total. The molecule has 6 aromatic rings. The van der Waals surface area contributed by atoms with Gasteiger partial charge in [0.2, 0.25) is 0 Å². The number of carbonyl (C=O) groups is 4. The number of rotatable bonds is 27. The van der Waals surface area contributed by atoms with Crippen molar-refractivity contribution in [1.29, 1.82) is 0 Å². The zero-order chi connectivity index (χ0) is 49.5. The van der Waals surface area contributed by atoms with E-state index in [1.807, 2.05) is 6.07 Å². The molecule has 10 nitrogen and oxygen atoms in total. The molecule has 10 heteroatoms. The monoisotopic (exact) mass is 946 g/mol. The third-order valence-corrected chi connectivity index (χ3v) is 11.8. The zero-order valence-corrected chi connectivity index (χ0v) is 41.0. The van der Waals surface area contributed by atoms with Crippen molar-refractivity contribution in [1.82, 2.24) is 0 Å². The van der Waals surface area contributed by atoms with E-state index in [9.17, 15) is 19.2 Å². The van der Waals surface area contributed by atoms with E-state index in [0.29, 0.717) is 53.1 Å². The molecule has 366 valence electrons. The number of unbranched alkanes of at least 4 members (excludes halogenated alkanes) is 7. The number of hydrogen-bond acceptors (Lipinski definition) is 10. The van der Waals surface area contributed by atoms with E-state index in [2.05, 4.69) is 27.7 Å². The molecule has 1 atom stereocenters. The predicted octanol–water partition coefficient (Wildman–Crippen LogP) is 15.0. The van der Waals surface area contributed by atoms with Gasteiger partial charge in [0, 0.05) is 0 Å². The largest absolute Gasteiger partial charge is 0.494 e. The molecular weight excluding hydrogens is 881 g/mol. The summed E-state index contributed by atoms with van der Waals surface area (Å²) in [7, 11) is 0. The van der Waals surface area contributed by atoms with E-state index in [1.54, 1.807) is 91.0 Å². The molecular formula is C60H66O10. The van der Waals surface area contributed by atoms with Crippen molar-refractivity contribution in [3.05, 3.63) is 168 Å². The van der Waals surface area contributed by atoms with Crippen LogP contribution in [0, 0.1) is 11.8 Å². The lowest BCUT2D eigenvalue weighted by Crippen LogP contribution is -2.10.